The molecular formula is C64H62N2O6. The Balaban J connectivity index is 1.17. The molecule has 8 heteroatoms. The quantitative estimate of drug-likeness (QED) is 0.140. The number of ether oxygens (including phenoxy) is 4. The Morgan fingerprint density at radius 3 is 0.944 bits per heavy atom. The molecule has 8 bridgehead atoms. The molecule has 0 spiro atoms. The molecule has 1 aliphatic carbocycles. The van der Waals surface area contributed by atoms with Crippen molar-refractivity contribution in [3.05, 3.63) is 236 Å². The number of nitrogens with zero attached hydrogens (tertiary/aromatic N) is 2. The minimum atomic E-state index is -1.02. The number of benzene rings is 8. The van der Waals surface area contributed by atoms with Crippen molar-refractivity contribution in [2.24, 2.45) is 0 Å². The Labute approximate surface area is 423 Å². The predicted octanol–water partition coefficient (Wildman–Crippen LogP) is 13.4. The van der Waals surface area contributed by atoms with Gasteiger partial charge in [0, 0.05) is 99.0 Å². The third kappa shape index (κ3) is 7.41. The standard InChI is InChI=1S/C64H62N2O6/c1-7-31-71-61-41-19-17-20-42(61)34-46-38-50(64(70-6)53-25-11-15-29-57(53)66(4)58-30-16-12-26-54(58)64)40-48(60(46)68)36-44-22-18-21-43(62(44)72-32-8-2)35-47-39-49(37-45(33-41)59(47)67)63(69-5)51-23-9-13-27-55(51)65(3)56-28-14-10-24-52(56)63/h9-30,37-40,67-68H,7-8,31-36H2,1-6H3. The molecule has 364 valence electrons. The van der Waals surface area contributed by atoms with Crippen molar-refractivity contribution >= 4 is 22.7 Å². The highest BCUT2D eigenvalue weighted by molar-refractivity contribution is 5.81. The third-order valence-corrected chi connectivity index (χ3v) is 15.3. The molecule has 3 aliphatic rings. The van der Waals surface area contributed by atoms with Crippen molar-refractivity contribution in [3.63, 3.8) is 0 Å². The van der Waals surface area contributed by atoms with Gasteiger partial charge >= 0.3 is 0 Å². The average Bonchev–Trinajstić information content (AvgIpc) is 3.41. The summed E-state index contributed by atoms with van der Waals surface area (Å²) in [7, 11) is 7.79. The molecule has 0 saturated heterocycles. The highest BCUT2D eigenvalue weighted by atomic mass is 16.5. The summed E-state index contributed by atoms with van der Waals surface area (Å²) in [6.07, 6.45) is 3.08. The van der Waals surface area contributed by atoms with Crippen LogP contribution in [0.25, 0.3) is 0 Å². The monoisotopic (exact) mass is 954 g/mol. The molecule has 2 aliphatic heterocycles. The molecule has 8 nitrogen and oxygen atoms in total. The number of phenolic OH excluding ortho intramolecular Hbond substituents is 2. The number of aromatic hydroxyl groups is 2. The van der Waals surface area contributed by atoms with Crippen molar-refractivity contribution in [2.75, 3.05) is 51.3 Å². The molecule has 0 radical (unpaired) electrons. The van der Waals surface area contributed by atoms with Gasteiger partial charge in [-0.05, 0) is 117 Å². The molecule has 0 saturated carbocycles. The Morgan fingerprint density at radius 1 is 0.403 bits per heavy atom. The summed E-state index contributed by atoms with van der Waals surface area (Å²) in [6, 6.07) is 54.9. The van der Waals surface area contributed by atoms with E-state index in [4.69, 9.17) is 18.9 Å². The fourth-order valence-electron chi connectivity index (χ4n) is 12.0. The van der Waals surface area contributed by atoms with Gasteiger partial charge in [0.15, 0.2) is 0 Å². The Morgan fingerprint density at radius 2 is 0.681 bits per heavy atom. The average molecular weight is 955 g/mol. The zero-order valence-corrected chi connectivity index (χ0v) is 42.1. The number of para-hydroxylation sites is 6. The van der Waals surface area contributed by atoms with Gasteiger partial charge in [-0.25, -0.2) is 0 Å². The van der Waals surface area contributed by atoms with E-state index in [1.807, 2.05) is 0 Å². The van der Waals surface area contributed by atoms with Gasteiger partial charge in [-0.1, -0.05) is 123 Å². The van der Waals surface area contributed by atoms with Crippen LogP contribution in [0.2, 0.25) is 0 Å². The summed E-state index contributed by atoms with van der Waals surface area (Å²) < 4.78 is 27.5. The molecule has 2 N–H and O–H groups in total. The van der Waals surface area contributed by atoms with Crippen molar-refractivity contribution in [1.29, 1.82) is 0 Å². The number of hydrogen-bond acceptors (Lipinski definition) is 8. The minimum Gasteiger partial charge on any atom is -0.507 e. The van der Waals surface area contributed by atoms with E-state index in [0.29, 0.717) is 38.9 Å². The van der Waals surface area contributed by atoms with Crippen LogP contribution < -0.4 is 19.3 Å². The van der Waals surface area contributed by atoms with Crippen LogP contribution >= 0.6 is 0 Å². The van der Waals surface area contributed by atoms with Crippen LogP contribution in [0, 0.1) is 0 Å². The maximum Gasteiger partial charge on any atom is 0.147 e. The maximum absolute atomic E-state index is 12.8. The van der Waals surface area contributed by atoms with Gasteiger partial charge in [0.1, 0.15) is 34.2 Å². The first-order valence-corrected chi connectivity index (χ1v) is 25.3. The van der Waals surface area contributed by atoms with Crippen LogP contribution in [0.15, 0.2) is 158 Å². The molecule has 0 atom stereocenters. The molecular weight excluding hydrogens is 893 g/mol. The van der Waals surface area contributed by atoms with Gasteiger partial charge < -0.3 is 39.0 Å². The number of phenols is 2. The first-order chi connectivity index (χ1) is 35.2. The van der Waals surface area contributed by atoms with E-state index in [-0.39, 0.29) is 11.5 Å². The van der Waals surface area contributed by atoms with Crippen LogP contribution in [0.1, 0.15) is 105 Å². The predicted molar refractivity (Wildman–Crippen MR) is 288 cm³/mol. The number of fused-ring (bicyclic) bond motifs is 12. The van der Waals surface area contributed by atoms with E-state index >= 15 is 0 Å². The van der Waals surface area contributed by atoms with E-state index in [1.165, 1.54) is 0 Å². The van der Waals surface area contributed by atoms with Crippen LogP contribution in [0.4, 0.5) is 22.7 Å². The molecule has 0 aromatic heterocycles. The van der Waals surface area contributed by atoms with Crippen LogP contribution in [0.5, 0.6) is 23.0 Å². The third-order valence-electron chi connectivity index (χ3n) is 15.3. The summed E-state index contributed by atoms with van der Waals surface area (Å²) in [5.74, 6) is 1.94. The lowest BCUT2D eigenvalue weighted by Gasteiger charge is -2.44. The molecule has 72 heavy (non-hydrogen) atoms. The normalized spacial score (nSPS) is 14.9. The topological polar surface area (TPSA) is 83.9 Å². The van der Waals surface area contributed by atoms with Gasteiger partial charge in [0.2, 0.25) is 0 Å². The lowest BCUT2D eigenvalue weighted by atomic mass is 9.74. The number of hydrogen-bond donors (Lipinski definition) is 2. The van der Waals surface area contributed by atoms with Crippen LogP contribution in [-0.2, 0) is 46.4 Å². The maximum atomic E-state index is 12.8. The van der Waals surface area contributed by atoms with E-state index in [1.54, 1.807) is 14.2 Å². The molecule has 0 amide bonds. The van der Waals surface area contributed by atoms with Gasteiger partial charge in [0.05, 0.1) is 13.2 Å². The van der Waals surface area contributed by atoms with Crippen LogP contribution in [0.3, 0.4) is 0 Å². The molecule has 2 heterocycles. The SMILES string of the molecule is CCCOc1c2cccc1Cc1cc(C3(OC)c4ccccc4N(C)c4ccccc43)cc(c1O)Cc1cccc(c1OCCC)Cc1cc(C3(OC)c4ccccc4N(C)c4ccccc43)cc(c1O)C2. The summed E-state index contributed by atoms with van der Waals surface area (Å²) in [6.45, 7) is 5.21. The Bertz CT molecular complexity index is 2950. The Kier molecular flexibility index (Phi) is 12.3. The van der Waals surface area contributed by atoms with E-state index in [9.17, 15) is 10.2 Å². The smallest absolute Gasteiger partial charge is 0.147 e. The molecule has 0 unspecified atom stereocenters. The van der Waals surface area contributed by atoms with E-state index < -0.39 is 11.2 Å². The second-order valence-electron chi connectivity index (χ2n) is 19.5. The number of rotatable bonds is 10. The fourth-order valence-corrected chi connectivity index (χ4v) is 12.0. The molecule has 8 aromatic rings. The number of anilines is 4. The molecule has 8 aromatic carbocycles. The van der Waals surface area contributed by atoms with Crippen molar-refractivity contribution in [2.45, 2.75) is 63.6 Å². The van der Waals surface area contributed by atoms with Gasteiger partial charge in [-0.3, -0.25) is 0 Å². The lowest BCUT2D eigenvalue weighted by Crippen LogP contribution is -2.38. The van der Waals surface area contributed by atoms with Gasteiger partial charge in [-0.2, -0.15) is 0 Å². The van der Waals surface area contributed by atoms with Gasteiger partial charge in [-0.15, -0.1) is 0 Å². The zero-order chi connectivity index (χ0) is 49.7. The van der Waals surface area contributed by atoms with Gasteiger partial charge in [0.25, 0.3) is 0 Å². The summed E-state index contributed by atoms with van der Waals surface area (Å²) in [5.41, 5.74) is 14.8. The van der Waals surface area contributed by atoms with E-state index in [2.05, 4.69) is 195 Å². The van der Waals surface area contributed by atoms with Crippen molar-refractivity contribution < 1.29 is 29.2 Å². The first kappa shape index (κ1) is 46.8. The molecule has 0 fully saturated rings. The van der Waals surface area contributed by atoms with E-state index in [0.717, 1.165) is 125 Å². The zero-order valence-electron chi connectivity index (χ0n) is 42.1. The summed E-state index contributed by atoms with van der Waals surface area (Å²) in [5, 5.41) is 25.6. The fraction of sp³-hybridized carbons (Fsp3) is 0.250. The Hall–Kier alpha value is -7.52. The second kappa shape index (κ2) is 18.9. The molecule has 11 rings (SSSR count). The first-order valence-electron chi connectivity index (χ1n) is 25.3. The lowest BCUT2D eigenvalue weighted by molar-refractivity contribution is 0.0578. The summed E-state index contributed by atoms with van der Waals surface area (Å²) >= 11 is 0. The minimum absolute atomic E-state index is 0.223. The second-order valence-corrected chi connectivity index (χ2v) is 19.5. The van der Waals surface area contributed by atoms with Crippen molar-refractivity contribution in [3.8, 4) is 23.0 Å². The number of methoxy groups -OCH3 is 2. The van der Waals surface area contributed by atoms with Crippen LogP contribution in [-0.4, -0.2) is 51.7 Å². The highest BCUT2D eigenvalue weighted by Crippen LogP contribution is 2.55. The summed E-state index contributed by atoms with van der Waals surface area (Å²) in [4.78, 5) is 4.47. The van der Waals surface area contributed by atoms with Crippen molar-refractivity contribution in [1.82, 2.24) is 0 Å². The largest absolute Gasteiger partial charge is 0.507 e. The highest BCUT2D eigenvalue weighted by Gasteiger charge is 2.47.